The summed E-state index contributed by atoms with van der Waals surface area (Å²) in [7, 11) is 0. The SMILES string of the molecule is CC1(C)COC(=O)N[C@@H]1c1cc(F)ccc1Br.Cl. The third kappa shape index (κ3) is 2.95. The minimum atomic E-state index is -0.467. The predicted octanol–water partition coefficient (Wildman–Crippen LogP) is 3.82. The fourth-order valence-electron chi connectivity index (χ4n) is 1.92. The number of hydrogen-bond donors (Lipinski definition) is 1. The van der Waals surface area contributed by atoms with E-state index in [1.54, 1.807) is 6.07 Å². The van der Waals surface area contributed by atoms with Gasteiger partial charge in [-0.3, -0.25) is 0 Å². The van der Waals surface area contributed by atoms with Crippen LogP contribution in [0.15, 0.2) is 22.7 Å². The average molecular weight is 339 g/mol. The van der Waals surface area contributed by atoms with Crippen LogP contribution in [-0.2, 0) is 4.74 Å². The van der Waals surface area contributed by atoms with E-state index in [0.717, 1.165) is 10.0 Å². The van der Waals surface area contributed by atoms with Gasteiger partial charge in [-0.2, -0.15) is 0 Å². The second-order valence-electron chi connectivity index (χ2n) is 4.81. The van der Waals surface area contributed by atoms with Crippen molar-refractivity contribution in [3.05, 3.63) is 34.1 Å². The van der Waals surface area contributed by atoms with Gasteiger partial charge in [0.2, 0.25) is 0 Å². The molecule has 1 aromatic rings. The van der Waals surface area contributed by atoms with Crippen LogP contribution in [0, 0.1) is 11.2 Å². The predicted molar refractivity (Wildman–Crippen MR) is 72.4 cm³/mol. The van der Waals surface area contributed by atoms with E-state index in [4.69, 9.17) is 4.74 Å². The molecule has 18 heavy (non-hydrogen) atoms. The Kier molecular flexibility index (Phi) is 4.61. The Hall–Kier alpha value is -0.810. The zero-order chi connectivity index (χ0) is 12.6. The number of carbonyl (C=O) groups excluding carboxylic acids is 1. The number of ether oxygens (including phenoxy) is 1. The van der Waals surface area contributed by atoms with Gasteiger partial charge >= 0.3 is 6.09 Å². The molecular weight excluding hydrogens is 324 g/mol. The molecule has 1 fully saturated rings. The number of amides is 1. The van der Waals surface area contributed by atoms with Crippen molar-refractivity contribution in [2.75, 3.05) is 6.61 Å². The fraction of sp³-hybridized carbons (Fsp3) is 0.417. The van der Waals surface area contributed by atoms with Crippen molar-refractivity contribution in [1.82, 2.24) is 5.32 Å². The van der Waals surface area contributed by atoms with Crippen LogP contribution in [0.25, 0.3) is 0 Å². The molecule has 1 aliphatic rings. The molecule has 1 heterocycles. The molecule has 1 N–H and O–H groups in total. The Bertz CT molecular complexity index is 467. The summed E-state index contributed by atoms with van der Waals surface area (Å²) in [5, 5.41) is 2.73. The quantitative estimate of drug-likeness (QED) is 0.845. The summed E-state index contributed by atoms with van der Waals surface area (Å²) in [4.78, 5) is 11.3. The van der Waals surface area contributed by atoms with Crippen LogP contribution >= 0.6 is 28.3 Å². The third-order valence-corrected chi connectivity index (χ3v) is 3.61. The molecule has 0 spiro atoms. The lowest BCUT2D eigenvalue weighted by atomic mass is 9.80. The first-order valence-electron chi connectivity index (χ1n) is 5.28. The minimum absolute atomic E-state index is 0. The maximum atomic E-state index is 13.3. The van der Waals surface area contributed by atoms with Gasteiger partial charge in [0, 0.05) is 9.89 Å². The molecule has 0 bridgehead atoms. The minimum Gasteiger partial charge on any atom is -0.449 e. The Morgan fingerprint density at radius 2 is 2.17 bits per heavy atom. The maximum Gasteiger partial charge on any atom is 0.407 e. The number of alkyl carbamates (subject to hydrolysis) is 1. The molecule has 1 atom stereocenters. The Labute approximate surface area is 120 Å². The summed E-state index contributed by atoms with van der Waals surface area (Å²) in [6, 6.07) is 4.18. The lowest BCUT2D eigenvalue weighted by Crippen LogP contribution is -2.47. The number of benzene rings is 1. The second-order valence-corrected chi connectivity index (χ2v) is 5.66. The largest absolute Gasteiger partial charge is 0.449 e. The summed E-state index contributed by atoms with van der Waals surface area (Å²) in [6.45, 7) is 4.25. The highest BCUT2D eigenvalue weighted by Crippen LogP contribution is 2.39. The van der Waals surface area contributed by atoms with Gasteiger partial charge in [-0.05, 0) is 23.8 Å². The summed E-state index contributed by atoms with van der Waals surface area (Å²) >= 11 is 3.38. The normalized spacial score (nSPS) is 21.6. The van der Waals surface area contributed by atoms with Crippen LogP contribution in [0.1, 0.15) is 25.5 Å². The molecule has 3 nitrogen and oxygen atoms in total. The zero-order valence-corrected chi connectivity index (χ0v) is 12.4. The van der Waals surface area contributed by atoms with Gasteiger partial charge in [-0.1, -0.05) is 29.8 Å². The molecule has 0 saturated carbocycles. The molecular formula is C12H14BrClFNO2. The Balaban J connectivity index is 0.00000162. The molecule has 0 aromatic heterocycles. The van der Waals surface area contributed by atoms with Crippen LogP contribution in [0.2, 0.25) is 0 Å². The van der Waals surface area contributed by atoms with Gasteiger partial charge in [0.1, 0.15) is 12.4 Å². The highest BCUT2D eigenvalue weighted by molar-refractivity contribution is 9.10. The fourth-order valence-corrected chi connectivity index (χ4v) is 2.40. The van der Waals surface area contributed by atoms with Crippen molar-refractivity contribution in [2.45, 2.75) is 19.9 Å². The number of nitrogens with one attached hydrogen (secondary N) is 1. The van der Waals surface area contributed by atoms with Crippen molar-refractivity contribution in [3.63, 3.8) is 0 Å². The van der Waals surface area contributed by atoms with Gasteiger partial charge in [-0.15, -0.1) is 12.4 Å². The van der Waals surface area contributed by atoms with Crippen molar-refractivity contribution in [2.24, 2.45) is 5.41 Å². The Morgan fingerprint density at radius 1 is 1.50 bits per heavy atom. The van der Waals surface area contributed by atoms with Crippen LogP contribution < -0.4 is 5.32 Å². The van der Waals surface area contributed by atoms with Crippen molar-refractivity contribution in [1.29, 1.82) is 0 Å². The van der Waals surface area contributed by atoms with Gasteiger partial charge in [0.05, 0.1) is 6.04 Å². The molecule has 6 heteroatoms. The van der Waals surface area contributed by atoms with E-state index in [-0.39, 0.29) is 29.7 Å². The first kappa shape index (κ1) is 15.2. The monoisotopic (exact) mass is 337 g/mol. The maximum absolute atomic E-state index is 13.3. The van der Waals surface area contributed by atoms with E-state index in [1.807, 2.05) is 13.8 Å². The Morgan fingerprint density at radius 3 is 2.83 bits per heavy atom. The summed E-state index contributed by atoms with van der Waals surface area (Å²) < 4.78 is 19.0. The smallest absolute Gasteiger partial charge is 0.407 e. The van der Waals surface area contributed by atoms with E-state index in [0.29, 0.717) is 6.61 Å². The van der Waals surface area contributed by atoms with Crippen molar-refractivity contribution < 1.29 is 13.9 Å². The number of cyclic esters (lactones) is 1. The molecule has 2 rings (SSSR count). The first-order chi connectivity index (χ1) is 7.90. The molecule has 0 radical (unpaired) electrons. The molecule has 1 aromatic carbocycles. The number of halogens is 3. The summed E-state index contributed by atoms with van der Waals surface area (Å²) in [5.74, 6) is -0.320. The van der Waals surface area contributed by atoms with Gasteiger partial charge in [-0.25, -0.2) is 9.18 Å². The van der Waals surface area contributed by atoms with Crippen molar-refractivity contribution in [3.8, 4) is 0 Å². The van der Waals surface area contributed by atoms with Crippen LogP contribution in [-0.4, -0.2) is 12.7 Å². The second kappa shape index (κ2) is 5.45. The number of hydrogen-bond acceptors (Lipinski definition) is 2. The highest BCUT2D eigenvalue weighted by Gasteiger charge is 2.38. The van der Waals surface area contributed by atoms with E-state index < -0.39 is 6.09 Å². The zero-order valence-electron chi connectivity index (χ0n) is 10.00. The lowest BCUT2D eigenvalue weighted by molar-refractivity contribution is 0.0384. The number of rotatable bonds is 1. The van der Waals surface area contributed by atoms with E-state index >= 15 is 0 Å². The topological polar surface area (TPSA) is 38.3 Å². The summed E-state index contributed by atoms with van der Waals surface area (Å²) in [5.41, 5.74) is 0.441. The molecule has 0 aliphatic carbocycles. The van der Waals surface area contributed by atoms with E-state index in [1.165, 1.54) is 12.1 Å². The molecule has 1 amide bonds. The average Bonchev–Trinajstić information content (AvgIpc) is 2.26. The van der Waals surface area contributed by atoms with E-state index in [2.05, 4.69) is 21.2 Å². The molecule has 1 aliphatic heterocycles. The molecule has 100 valence electrons. The van der Waals surface area contributed by atoms with Crippen LogP contribution in [0.5, 0.6) is 0 Å². The van der Waals surface area contributed by atoms with Gasteiger partial charge in [0.15, 0.2) is 0 Å². The van der Waals surface area contributed by atoms with E-state index in [9.17, 15) is 9.18 Å². The molecule has 1 saturated heterocycles. The lowest BCUT2D eigenvalue weighted by Gasteiger charge is -2.38. The van der Waals surface area contributed by atoms with Gasteiger partial charge < -0.3 is 10.1 Å². The third-order valence-electron chi connectivity index (χ3n) is 2.89. The summed E-state index contributed by atoms with van der Waals surface area (Å²) in [6.07, 6.45) is -0.467. The first-order valence-corrected chi connectivity index (χ1v) is 6.08. The van der Waals surface area contributed by atoms with Crippen LogP contribution in [0.4, 0.5) is 9.18 Å². The standard InChI is InChI=1S/C12H13BrFNO2.ClH/c1-12(2)6-17-11(16)15-10(12)8-5-7(14)3-4-9(8)13;/h3-5,10H,6H2,1-2H3,(H,15,16);1H/t10-;/m1./s1. The molecule has 0 unspecified atom stereocenters. The number of carbonyl (C=O) groups is 1. The van der Waals surface area contributed by atoms with Crippen molar-refractivity contribution >= 4 is 34.4 Å². The van der Waals surface area contributed by atoms with Crippen LogP contribution in [0.3, 0.4) is 0 Å². The highest BCUT2D eigenvalue weighted by atomic mass is 79.9. The van der Waals surface area contributed by atoms with Gasteiger partial charge in [0.25, 0.3) is 0 Å².